The molecule has 0 aliphatic heterocycles. The first kappa shape index (κ1) is 19.5. The fourth-order valence-corrected chi connectivity index (χ4v) is 2.63. The molecule has 6 nitrogen and oxygen atoms in total. The van der Waals surface area contributed by atoms with E-state index in [4.69, 9.17) is 5.73 Å². The Kier molecular flexibility index (Phi) is 4.44. The molecule has 2 N–H and O–H groups in total. The number of alkyl halides is 6. The number of amides is 1. The summed E-state index contributed by atoms with van der Waals surface area (Å²) in [6, 6.07) is 4.87. The van der Waals surface area contributed by atoms with E-state index in [1.165, 1.54) is 25.1 Å². The number of hydrogen-bond donors (Lipinski definition) is 1. The number of hydrogen-bond acceptors (Lipinski definition) is 4. The van der Waals surface area contributed by atoms with Gasteiger partial charge >= 0.3 is 12.5 Å². The van der Waals surface area contributed by atoms with Gasteiger partial charge in [0.2, 0.25) is 5.82 Å². The number of aryl methyl sites for hydroxylation is 1. The molecule has 0 aliphatic carbocycles. The third-order valence-corrected chi connectivity index (χ3v) is 3.75. The van der Waals surface area contributed by atoms with E-state index in [-0.39, 0.29) is 22.3 Å². The van der Waals surface area contributed by atoms with Gasteiger partial charge in [0.1, 0.15) is 5.75 Å². The largest absolute Gasteiger partial charge is 0.573 e. The maximum absolute atomic E-state index is 13.0. The molecule has 3 rings (SSSR count). The zero-order valence-electron chi connectivity index (χ0n) is 13.9. The maximum atomic E-state index is 13.0. The molecule has 2 aromatic heterocycles. The third-order valence-electron chi connectivity index (χ3n) is 3.75. The Labute approximate surface area is 152 Å². The number of fused-ring (bicyclic) bond motifs is 1. The Morgan fingerprint density at radius 1 is 1.07 bits per heavy atom. The average molecular weight is 404 g/mol. The molecule has 0 bridgehead atoms. The summed E-state index contributed by atoms with van der Waals surface area (Å²) in [5.74, 6) is -3.23. The predicted molar refractivity (Wildman–Crippen MR) is 83.4 cm³/mol. The minimum Gasteiger partial charge on any atom is -0.405 e. The minimum atomic E-state index is -5.06. The average Bonchev–Trinajstić information content (AvgIpc) is 2.98. The minimum absolute atomic E-state index is 0.0801. The molecule has 1 aromatic carbocycles. The molecule has 0 aliphatic rings. The summed E-state index contributed by atoms with van der Waals surface area (Å²) in [4.78, 5) is 11.6. The Bertz CT molecular complexity index is 1070. The molecule has 12 heteroatoms. The molecule has 0 atom stereocenters. The van der Waals surface area contributed by atoms with Crippen LogP contribution in [0.2, 0.25) is 0 Å². The lowest BCUT2D eigenvalue weighted by atomic mass is 10.00. The number of aromatic nitrogens is 3. The monoisotopic (exact) mass is 404 g/mol. The molecule has 148 valence electrons. The number of pyridine rings is 1. The summed E-state index contributed by atoms with van der Waals surface area (Å²) < 4.78 is 81.4. The third kappa shape index (κ3) is 3.70. The summed E-state index contributed by atoms with van der Waals surface area (Å²) in [6.45, 7) is 1.25. The molecule has 3 aromatic rings. The van der Waals surface area contributed by atoms with Gasteiger partial charge in [0.05, 0.1) is 5.56 Å². The Balaban J connectivity index is 2.17. The van der Waals surface area contributed by atoms with Gasteiger partial charge in [-0.3, -0.25) is 9.20 Å². The standard InChI is InChI=1S/C16H10F6N4O2/c1-7-4-9(5-10(13(23)27)12(7)28-16(20,21)22)8-2-3-11-24-25-14(15(17,18)19)26(11)6-8/h2-6H,1H3,(H2,23,27). The van der Waals surface area contributed by atoms with Crippen LogP contribution in [-0.2, 0) is 6.18 Å². The van der Waals surface area contributed by atoms with Crippen LogP contribution in [0.25, 0.3) is 16.8 Å². The Hall–Kier alpha value is -3.31. The zero-order valence-corrected chi connectivity index (χ0v) is 13.9. The van der Waals surface area contributed by atoms with Crippen LogP contribution in [0.5, 0.6) is 5.75 Å². The first-order valence-corrected chi connectivity index (χ1v) is 7.49. The van der Waals surface area contributed by atoms with Crippen LogP contribution in [0.15, 0.2) is 30.5 Å². The van der Waals surface area contributed by atoms with Crippen molar-refractivity contribution in [3.8, 4) is 16.9 Å². The van der Waals surface area contributed by atoms with Crippen molar-refractivity contribution in [2.75, 3.05) is 0 Å². The molecule has 0 fully saturated rings. The van der Waals surface area contributed by atoms with Crippen LogP contribution < -0.4 is 10.5 Å². The molecule has 0 saturated carbocycles. The summed E-state index contributed by atoms with van der Waals surface area (Å²) in [7, 11) is 0. The van der Waals surface area contributed by atoms with Gasteiger partial charge in [0.25, 0.3) is 5.91 Å². The molecule has 0 unspecified atom stereocenters. The molecule has 0 radical (unpaired) electrons. The predicted octanol–water partition coefficient (Wildman–Crippen LogP) is 3.72. The van der Waals surface area contributed by atoms with Crippen molar-refractivity contribution >= 4 is 11.6 Å². The lowest BCUT2D eigenvalue weighted by Gasteiger charge is -2.16. The van der Waals surface area contributed by atoms with E-state index in [0.717, 1.165) is 12.3 Å². The van der Waals surface area contributed by atoms with Gasteiger partial charge in [-0.1, -0.05) is 0 Å². The number of ether oxygens (including phenoxy) is 1. The highest BCUT2D eigenvalue weighted by Crippen LogP contribution is 2.35. The molecule has 28 heavy (non-hydrogen) atoms. The van der Waals surface area contributed by atoms with Gasteiger partial charge in [-0.05, 0) is 47.9 Å². The summed E-state index contributed by atoms with van der Waals surface area (Å²) >= 11 is 0. The summed E-state index contributed by atoms with van der Waals surface area (Å²) in [5.41, 5.74) is 4.74. The van der Waals surface area contributed by atoms with Gasteiger partial charge in [-0.25, -0.2) is 0 Å². The number of nitrogens with zero attached hydrogens (tertiary/aromatic N) is 3. The van der Waals surface area contributed by atoms with Crippen molar-refractivity contribution < 1.29 is 35.9 Å². The summed E-state index contributed by atoms with van der Waals surface area (Å²) in [5, 5.41) is 6.50. The molecule has 0 saturated heterocycles. The lowest BCUT2D eigenvalue weighted by Crippen LogP contribution is -2.22. The number of carbonyl (C=O) groups is 1. The van der Waals surface area contributed by atoms with Gasteiger partial charge in [-0.2, -0.15) is 13.2 Å². The second kappa shape index (κ2) is 6.39. The van der Waals surface area contributed by atoms with Gasteiger partial charge in [0.15, 0.2) is 5.65 Å². The number of benzene rings is 1. The van der Waals surface area contributed by atoms with Crippen LogP contribution >= 0.6 is 0 Å². The van der Waals surface area contributed by atoms with E-state index < -0.39 is 35.6 Å². The Morgan fingerprint density at radius 2 is 1.75 bits per heavy atom. The van der Waals surface area contributed by atoms with Gasteiger partial charge in [-0.15, -0.1) is 23.4 Å². The smallest absolute Gasteiger partial charge is 0.405 e. The van der Waals surface area contributed by atoms with Crippen LogP contribution in [0.4, 0.5) is 26.3 Å². The van der Waals surface area contributed by atoms with Crippen molar-refractivity contribution in [3.63, 3.8) is 0 Å². The van der Waals surface area contributed by atoms with Crippen LogP contribution in [0.1, 0.15) is 21.7 Å². The topological polar surface area (TPSA) is 82.5 Å². The fourth-order valence-electron chi connectivity index (χ4n) is 2.63. The number of carbonyl (C=O) groups excluding carboxylic acids is 1. The molecule has 0 spiro atoms. The highest BCUT2D eigenvalue weighted by atomic mass is 19.4. The number of nitrogens with two attached hydrogens (primary N) is 1. The number of primary amides is 1. The van der Waals surface area contributed by atoms with Crippen molar-refractivity contribution in [1.29, 1.82) is 0 Å². The van der Waals surface area contributed by atoms with Crippen molar-refractivity contribution in [2.45, 2.75) is 19.5 Å². The van der Waals surface area contributed by atoms with E-state index in [0.29, 0.717) is 4.40 Å². The lowest BCUT2D eigenvalue weighted by molar-refractivity contribution is -0.274. The molecule has 2 heterocycles. The van der Waals surface area contributed by atoms with E-state index in [2.05, 4.69) is 14.9 Å². The highest BCUT2D eigenvalue weighted by Gasteiger charge is 2.37. The molecule has 1 amide bonds. The summed E-state index contributed by atoms with van der Waals surface area (Å²) in [6.07, 6.45) is -8.77. The van der Waals surface area contributed by atoms with E-state index in [1.54, 1.807) is 0 Å². The number of halogens is 6. The second-order valence-electron chi connectivity index (χ2n) is 5.75. The van der Waals surface area contributed by atoms with Crippen molar-refractivity contribution in [1.82, 2.24) is 14.6 Å². The Morgan fingerprint density at radius 3 is 2.32 bits per heavy atom. The first-order valence-electron chi connectivity index (χ1n) is 7.49. The normalized spacial score (nSPS) is 12.4. The number of rotatable bonds is 3. The van der Waals surface area contributed by atoms with Gasteiger partial charge in [0, 0.05) is 6.20 Å². The van der Waals surface area contributed by atoms with Gasteiger partial charge < -0.3 is 10.5 Å². The second-order valence-corrected chi connectivity index (χ2v) is 5.75. The molecular weight excluding hydrogens is 394 g/mol. The van der Waals surface area contributed by atoms with E-state index >= 15 is 0 Å². The fraction of sp³-hybridized carbons (Fsp3) is 0.188. The van der Waals surface area contributed by atoms with E-state index in [1.807, 2.05) is 0 Å². The maximum Gasteiger partial charge on any atom is 0.573 e. The SMILES string of the molecule is Cc1cc(-c2ccc3nnc(C(F)(F)F)n3c2)cc(C(N)=O)c1OC(F)(F)F. The highest BCUT2D eigenvalue weighted by molar-refractivity contribution is 5.97. The van der Waals surface area contributed by atoms with Crippen LogP contribution in [0, 0.1) is 6.92 Å². The van der Waals surface area contributed by atoms with Crippen molar-refractivity contribution in [3.05, 3.63) is 47.4 Å². The van der Waals surface area contributed by atoms with E-state index in [9.17, 15) is 31.1 Å². The van der Waals surface area contributed by atoms with Crippen molar-refractivity contribution in [2.24, 2.45) is 5.73 Å². The van der Waals surface area contributed by atoms with Crippen LogP contribution in [0.3, 0.4) is 0 Å². The quantitative estimate of drug-likeness (QED) is 0.675. The first-order chi connectivity index (χ1) is 12.9. The molecular formula is C16H10F6N4O2. The zero-order chi connectivity index (χ0) is 20.9. The van der Waals surface area contributed by atoms with Crippen LogP contribution in [-0.4, -0.2) is 26.9 Å².